The van der Waals surface area contributed by atoms with Crippen molar-refractivity contribution in [3.63, 3.8) is 0 Å². The third kappa shape index (κ3) is 1.68. The highest BCUT2D eigenvalue weighted by molar-refractivity contribution is 7.07. The second kappa shape index (κ2) is 3.56. The predicted octanol–water partition coefficient (Wildman–Crippen LogP) is 0.871. The molecular formula is C9H13NOS. The lowest BCUT2D eigenvalue weighted by atomic mass is 9.99. The van der Waals surface area contributed by atoms with Gasteiger partial charge in [-0.15, -0.1) is 0 Å². The van der Waals surface area contributed by atoms with Crippen LogP contribution in [0.4, 0.5) is 0 Å². The standard InChI is InChI=1S/C9H13NOS/c11-9-5-10-4-8(9)3-7-1-2-12-6-7/h1-2,6,8-11H,3-5H2. The Hall–Kier alpha value is -0.380. The van der Waals surface area contributed by atoms with E-state index < -0.39 is 0 Å². The number of β-amino-alcohol motifs (C(OH)–C–C–N with tert-alkyl or cyclic N) is 1. The van der Waals surface area contributed by atoms with Crippen LogP contribution in [0.1, 0.15) is 5.56 Å². The SMILES string of the molecule is OC1CNCC1Cc1ccsc1. The van der Waals surface area contributed by atoms with Crippen molar-refractivity contribution in [3.8, 4) is 0 Å². The summed E-state index contributed by atoms with van der Waals surface area (Å²) in [5.41, 5.74) is 1.35. The van der Waals surface area contributed by atoms with Gasteiger partial charge in [0.2, 0.25) is 0 Å². The van der Waals surface area contributed by atoms with Crippen LogP contribution in [0.3, 0.4) is 0 Å². The van der Waals surface area contributed by atoms with Crippen molar-refractivity contribution in [2.75, 3.05) is 13.1 Å². The third-order valence-corrected chi connectivity index (χ3v) is 3.11. The van der Waals surface area contributed by atoms with Crippen molar-refractivity contribution in [2.24, 2.45) is 5.92 Å². The zero-order valence-electron chi connectivity index (χ0n) is 6.86. The molecule has 1 fully saturated rings. The van der Waals surface area contributed by atoms with Crippen molar-refractivity contribution >= 4 is 11.3 Å². The summed E-state index contributed by atoms with van der Waals surface area (Å²) < 4.78 is 0. The van der Waals surface area contributed by atoms with E-state index in [1.807, 2.05) is 0 Å². The molecule has 1 aliphatic heterocycles. The average Bonchev–Trinajstić information content (AvgIpc) is 2.65. The highest BCUT2D eigenvalue weighted by atomic mass is 32.1. The Balaban J connectivity index is 1.95. The average molecular weight is 183 g/mol. The molecule has 0 spiro atoms. The maximum atomic E-state index is 9.53. The molecule has 1 aliphatic rings. The maximum absolute atomic E-state index is 9.53. The van der Waals surface area contributed by atoms with Gasteiger partial charge in [-0.2, -0.15) is 11.3 Å². The van der Waals surface area contributed by atoms with Crippen LogP contribution in [0.25, 0.3) is 0 Å². The van der Waals surface area contributed by atoms with Gasteiger partial charge in [-0.25, -0.2) is 0 Å². The van der Waals surface area contributed by atoms with E-state index in [9.17, 15) is 5.11 Å². The Morgan fingerprint density at radius 1 is 1.58 bits per heavy atom. The van der Waals surface area contributed by atoms with E-state index in [1.54, 1.807) is 11.3 Å². The van der Waals surface area contributed by atoms with Crippen LogP contribution in [0.2, 0.25) is 0 Å². The summed E-state index contributed by atoms with van der Waals surface area (Å²) in [7, 11) is 0. The molecule has 1 aromatic heterocycles. The molecule has 12 heavy (non-hydrogen) atoms. The third-order valence-electron chi connectivity index (χ3n) is 2.38. The van der Waals surface area contributed by atoms with Crippen LogP contribution >= 0.6 is 11.3 Å². The lowest BCUT2D eigenvalue weighted by Crippen LogP contribution is -2.19. The van der Waals surface area contributed by atoms with E-state index in [2.05, 4.69) is 22.1 Å². The lowest BCUT2D eigenvalue weighted by Gasteiger charge is -2.11. The summed E-state index contributed by atoms with van der Waals surface area (Å²) in [5.74, 6) is 0.416. The number of rotatable bonds is 2. The number of aliphatic hydroxyl groups is 1. The van der Waals surface area contributed by atoms with Gasteiger partial charge in [0.25, 0.3) is 0 Å². The first kappa shape index (κ1) is 8.23. The fourth-order valence-electron chi connectivity index (χ4n) is 1.64. The van der Waals surface area contributed by atoms with Crippen LogP contribution < -0.4 is 5.32 Å². The lowest BCUT2D eigenvalue weighted by molar-refractivity contribution is 0.148. The van der Waals surface area contributed by atoms with Crippen molar-refractivity contribution in [3.05, 3.63) is 22.4 Å². The molecule has 2 heterocycles. The van der Waals surface area contributed by atoms with Gasteiger partial charge < -0.3 is 10.4 Å². The van der Waals surface area contributed by atoms with Gasteiger partial charge in [0.15, 0.2) is 0 Å². The molecule has 1 saturated heterocycles. The molecule has 0 saturated carbocycles. The topological polar surface area (TPSA) is 32.3 Å². The van der Waals surface area contributed by atoms with Gasteiger partial charge in [-0.1, -0.05) is 0 Å². The molecule has 2 nitrogen and oxygen atoms in total. The van der Waals surface area contributed by atoms with Crippen molar-refractivity contribution in [1.29, 1.82) is 0 Å². The fourth-order valence-corrected chi connectivity index (χ4v) is 2.32. The zero-order valence-corrected chi connectivity index (χ0v) is 7.68. The second-order valence-electron chi connectivity index (χ2n) is 3.32. The largest absolute Gasteiger partial charge is 0.391 e. The molecular weight excluding hydrogens is 170 g/mol. The molecule has 66 valence electrons. The van der Waals surface area contributed by atoms with Gasteiger partial charge in [-0.05, 0) is 28.8 Å². The van der Waals surface area contributed by atoms with Crippen LogP contribution in [-0.4, -0.2) is 24.3 Å². The van der Waals surface area contributed by atoms with Crippen molar-refractivity contribution in [2.45, 2.75) is 12.5 Å². The van der Waals surface area contributed by atoms with Gasteiger partial charge in [0.05, 0.1) is 6.10 Å². The number of aliphatic hydroxyl groups excluding tert-OH is 1. The minimum atomic E-state index is -0.148. The van der Waals surface area contributed by atoms with E-state index in [-0.39, 0.29) is 6.10 Å². The van der Waals surface area contributed by atoms with Crippen LogP contribution in [0, 0.1) is 5.92 Å². The van der Waals surface area contributed by atoms with Crippen LogP contribution in [0.5, 0.6) is 0 Å². The summed E-state index contributed by atoms with van der Waals surface area (Å²) in [6, 6.07) is 2.13. The minimum absolute atomic E-state index is 0.148. The molecule has 2 atom stereocenters. The number of hydrogen-bond acceptors (Lipinski definition) is 3. The molecule has 2 rings (SSSR count). The zero-order chi connectivity index (χ0) is 8.39. The van der Waals surface area contributed by atoms with Gasteiger partial charge in [0.1, 0.15) is 0 Å². The molecule has 0 amide bonds. The Morgan fingerprint density at radius 3 is 3.08 bits per heavy atom. The van der Waals surface area contributed by atoms with Crippen molar-refractivity contribution in [1.82, 2.24) is 5.32 Å². The molecule has 0 radical (unpaired) electrons. The summed E-state index contributed by atoms with van der Waals surface area (Å²) in [6.45, 7) is 1.71. The first-order valence-electron chi connectivity index (χ1n) is 4.26. The van der Waals surface area contributed by atoms with Crippen LogP contribution in [-0.2, 0) is 6.42 Å². The molecule has 2 N–H and O–H groups in total. The highest BCUT2D eigenvalue weighted by Crippen LogP contribution is 2.17. The Bertz CT molecular complexity index is 235. The maximum Gasteiger partial charge on any atom is 0.0708 e. The summed E-state index contributed by atoms with van der Waals surface area (Å²) in [5, 5.41) is 17.0. The fraction of sp³-hybridized carbons (Fsp3) is 0.556. The summed E-state index contributed by atoms with van der Waals surface area (Å²) in [4.78, 5) is 0. The van der Waals surface area contributed by atoms with Crippen molar-refractivity contribution < 1.29 is 5.11 Å². The first-order valence-corrected chi connectivity index (χ1v) is 5.20. The van der Waals surface area contributed by atoms with E-state index in [0.717, 1.165) is 19.5 Å². The van der Waals surface area contributed by atoms with E-state index >= 15 is 0 Å². The van der Waals surface area contributed by atoms with E-state index in [1.165, 1.54) is 5.56 Å². The van der Waals surface area contributed by atoms with Gasteiger partial charge >= 0.3 is 0 Å². The molecule has 1 aromatic rings. The number of nitrogens with one attached hydrogen (secondary N) is 1. The summed E-state index contributed by atoms with van der Waals surface area (Å²) in [6.07, 6.45) is 0.863. The quantitative estimate of drug-likeness (QED) is 0.713. The monoisotopic (exact) mass is 183 g/mol. The molecule has 0 aromatic carbocycles. The molecule has 0 aliphatic carbocycles. The molecule has 3 heteroatoms. The highest BCUT2D eigenvalue weighted by Gasteiger charge is 2.24. The smallest absolute Gasteiger partial charge is 0.0708 e. The number of hydrogen-bond donors (Lipinski definition) is 2. The second-order valence-corrected chi connectivity index (χ2v) is 4.10. The van der Waals surface area contributed by atoms with Gasteiger partial charge in [0, 0.05) is 19.0 Å². The Morgan fingerprint density at radius 2 is 2.50 bits per heavy atom. The molecule has 0 bridgehead atoms. The predicted molar refractivity (Wildman–Crippen MR) is 50.4 cm³/mol. The Kier molecular flexibility index (Phi) is 2.44. The van der Waals surface area contributed by atoms with E-state index in [4.69, 9.17) is 0 Å². The van der Waals surface area contributed by atoms with Gasteiger partial charge in [-0.3, -0.25) is 0 Å². The van der Waals surface area contributed by atoms with Crippen LogP contribution in [0.15, 0.2) is 16.8 Å². The normalized spacial score (nSPS) is 29.4. The molecule has 2 unspecified atom stereocenters. The Labute approximate surface area is 76.2 Å². The summed E-state index contributed by atoms with van der Waals surface area (Å²) >= 11 is 1.72. The first-order chi connectivity index (χ1) is 5.86. The minimum Gasteiger partial charge on any atom is -0.391 e. The number of thiophene rings is 1. The van der Waals surface area contributed by atoms with E-state index in [0.29, 0.717) is 5.92 Å².